The van der Waals surface area contributed by atoms with Crippen LogP contribution in [-0.4, -0.2) is 46.2 Å². The first-order valence-electron chi connectivity index (χ1n) is 12.9. The number of aromatic nitrogens is 2. The molecule has 1 spiro atoms. The van der Waals surface area contributed by atoms with Gasteiger partial charge in [-0.2, -0.15) is 5.26 Å². The molecule has 8 nitrogen and oxygen atoms in total. The highest BCUT2D eigenvalue weighted by Gasteiger charge is 2.45. The summed E-state index contributed by atoms with van der Waals surface area (Å²) in [6, 6.07) is 9.61. The third-order valence-electron chi connectivity index (χ3n) is 7.97. The van der Waals surface area contributed by atoms with Crippen LogP contribution in [0.3, 0.4) is 0 Å². The van der Waals surface area contributed by atoms with Gasteiger partial charge in [-0.25, -0.2) is 18.1 Å². The molecule has 2 aliphatic heterocycles. The molecule has 198 valence electrons. The number of nitriles is 1. The van der Waals surface area contributed by atoms with Crippen molar-refractivity contribution in [1.82, 2.24) is 19.2 Å². The number of benzene rings is 2. The van der Waals surface area contributed by atoms with Gasteiger partial charge in [-0.15, -0.1) is 0 Å². The van der Waals surface area contributed by atoms with E-state index >= 15 is 0 Å². The maximum Gasteiger partial charge on any atom is 0.261 e. The average molecular weight is 539 g/mol. The number of nitrogens with zero attached hydrogens (tertiary/aromatic N) is 4. The zero-order chi connectivity index (χ0) is 26.3. The summed E-state index contributed by atoms with van der Waals surface area (Å²) in [6.45, 7) is 2.90. The Bertz CT molecular complexity index is 1460. The van der Waals surface area contributed by atoms with E-state index in [0.29, 0.717) is 35.0 Å². The van der Waals surface area contributed by atoms with Crippen molar-refractivity contribution in [2.45, 2.75) is 44.3 Å². The second-order valence-electron chi connectivity index (χ2n) is 10.4. The van der Waals surface area contributed by atoms with Crippen LogP contribution in [0.15, 0.2) is 41.5 Å². The van der Waals surface area contributed by atoms with Crippen molar-refractivity contribution in [2.24, 2.45) is 5.41 Å². The highest BCUT2D eigenvalue weighted by molar-refractivity contribution is 7.98. The number of anilines is 1. The summed E-state index contributed by atoms with van der Waals surface area (Å²) in [5.74, 6) is -0.705. The lowest BCUT2D eigenvalue weighted by atomic mass is 9.60. The minimum atomic E-state index is -0.881. The van der Waals surface area contributed by atoms with E-state index in [2.05, 4.69) is 15.0 Å². The molecule has 38 heavy (non-hydrogen) atoms. The van der Waals surface area contributed by atoms with Crippen molar-refractivity contribution in [3.05, 3.63) is 58.4 Å². The fourth-order valence-electron chi connectivity index (χ4n) is 5.80. The molecule has 1 atom stereocenters. The zero-order valence-electron chi connectivity index (χ0n) is 20.8. The van der Waals surface area contributed by atoms with E-state index in [9.17, 15) is 18.8 Å². The molecule has 0 radical (unpaired) electrons. The topological polar surface area (TPSA) is 95.2 Å². The highest BCUT2D eigenvalue weighted by atomic mass is 32.2. The molecule has 3 aliphatic rings. The Kier molecular flexibility index (Phi) is 6.72. The average Bonchev–Trinajstić information content (AvgIpc) is 3.33. The third-order valence-corrected chi connectivity index (χ3v) is 8.87. The van der Waals surface area contributed by atoms with Crippen molar-refractivity contribution in [3.8, 4) is 17.6 Å². The molecule has 6 rings (SSSR count). The molecule has 3 fully saturated rings. The van der Waals surface area contributed by atoms with E-state index in [4.69, 9.17) is 4.74 Å². The van der Waals surface area contributed by atoms with E-state index in [1.807, 2.05) is 10.4 Å². The van der Waals surface area contributed by atoms with Crippen LogP contribution < -0.4 is 20.3 Å². The summed E-state index contributed by atoms with van der Waals surface area (Å²) in [5.41, 5.74) is 1.04. The van der Waals surface area contributed by atoms with Crippen molar-refractivity contribution in [2.75, 3.05) is 30.9 Å². The number of halogens is 2. The predicted octanol–water partition coefficient (Wildman–Crippen LogP) is 4.92. The Labute approximate surface area is 223 Å². The Balaban J connectivity index is 1.24. The van der Waals surface area contributed by atoms with Gasteiger partial charge in [0.05, 0.1) is 22.9 Å². The summed E-state index contributed by atoms with van der Waals surface area (Å²) in [5, 5.41) is 13.6. The fourth-order valence-corrected chi connectivity index (χ4v) is 6.63. The van der Waals surface area contributed by atoms with Gasteiger partial charge in [-0.1, -0.05) is 0 Å². The number of ether oxygens (including phenoxy) is 1. The monoisotopic (exact) mass is 538 g/mol. The minimum Gasteiger partial charge on any atom is -0.453 e. The molecular weight excluding hydrogens is 510 g/mol. The van der Waals surface area contributed by atoms with Crippen molar-refractivity contribution in [1.29, 1.82) is 5.26 Å². The molecule has 1 aromatic heterocycles. The van der Waals surface area contributed by atoms with Gasteiger partial charge in [0, 0.05) is 31.3 Å². The number of rotatable bonds is 6. The SMILES string of the molecule is N#Cc1c(NSN2CCC(F)C2)ccc(F)c1Oc1ccc2ncn(C3CC4(CCNCC4)C3)c(=O)c2c1. The lowest BCUT2D eigenvalue weighted by molar-refractivity contribution is 0.0270. The predicted molar refractivity (Wildman–Crippen MR) is 142 cm³/mol. The lowest BCUT2D eigenvalue weighted by Gasteiger charge is -2.50. The maximum absolute atomic E-state index is 14.8. The van der Waals surface area contributed by atoms with Gasteiger partial charge < -0.3 is 14.8 Å². The first-order chi connectivity index (χ1) is 18.4. The van der Waals surface area contributed by atoms with E-state index in [0.717, 1.165) is 38.8 Å². The molecule has 1 aliphatic carbocycles. The number of alkyl halides is 1. The Morgan fingerprint density at radius 1 is 1.24 bits per heavy atom. The van der Waals surface area contributed by atoms with Gasteiger partial charge in [0.2, 0.25) is 0 Å². The van der Waals surface area contributed by atoms with Crippen LogP contribution in [0.5, 0.6) is 11.5 Å². The Hall–Kier alpha value is -3.20. The number of fused-ring (bicyclic) bond motifs is 1. The van der Waals surface area contributed by atoms with Gasteiger partial charge in [-0.3, -0.25) is 9.36 Å². The molecule has 2 N–H and O–H groups in total. The van der Waals surface area contributed by atoms with Crippen molar-refractivity contribution in [3.63, 3.8) is 0 Å². The van der Waals surface area contributed by atoms with Crippen molar-refractivity contribution < 1.29 is 13.5 Å². The van der Waals surface area contributed by atoms with Crippen LogP contribution in [0.1, 0.15) is 43.7 Å². The summed E-state index contributed by atoms with van der Waals surface area (Å²) in [4.78, 5) is 17.9. The summed E-state index contributed by atoms with van der Waals surface area (Å²) >= 11 is 1.17. The van der Waals surface area contributed by atoms with Gasteiger partial charge >= 0.3 is 0 Å². The van der Waals surface area contributed by atoms with Gasteiger partial charge in [0.25, 0.3) is 5.56 Å². The smallest absolute Gasteiger partial charge is 0.261 e. The van der Waals surface area contributed by atoms with Crippen LogP contribution in [0.4, 0.5) is 14.5 Å². The normalized spacial score (nSPS) is 21.3. The largest absolute Gasteiger partial charge is 0.453 e. The molecule has 1 unspecified atom stereocenters. The van der Waals surface area contributed by atoms with E-state index in [1.54, 1.807) is 29.1 Å². The molecule has 3 aromatic rings. The molecule has 2 aromatic carbocycles. The second-order valence-corrected chi connectivity index (χ2v) is 11.3. The van der Waals surface area contributed by atoms with E-state index < -0.39 is 12.0 Å². The highest BCUT2D eigenvalue weighted by Crippen LogP contribution is 2.53. The lowest BCUT2D eigenvalue weighted by Crippen LogP contribution is -2.47. The zero-order valence-corrected chi connectivity index (χ0v) is 21.6. The molecule has 0 amide bonds. The van der Waals surface area contributed by atoms with Gasteiger partial charge in [-0.05, 0) is 80.9 Å². The van der Waals surface area contributed by atoms with E-state index in [-0.39, 0.29) is 35.2 Å². The molecule has 2 saturated heterocycles. The number of nitrogens with one attached hydrogen (secondary N) is 2. The van der Waals surface area contributed by atoms with E-state index in [1.165, 1.54) is 24.3 Å². The number of hydrogen-bond acceptors (Lipinski definition) is 8. The van der Waals surface area contributed by atoms with Crippen LogP contribution >= 0.6 is 12.1 Å². The summed E-state index contributed by atoms with van der Waals surface area (Å²) < 4.78 is 40.7. The Morgan fingerprint density at radius 2 is 2.05 bits per heavy atom. The van der Waals surface area contributed by atoms with Crippen LogP contribution in [-0.2, 0) is 0 Å². The van der Waals surface area contributed by atoms with Crippen LogP contribution in [0.2, 0.25) is 0 Å². The second kappa shape index (κ2) is 10.2. The van der Waals surface area contributed by atoms with Gasteiger partial charge in [0.15, 0.2) is 11.6 Å². The maximum atomic E-state index is 14.8. The molecule has 3 heterocycles. The first kappa shape index (κ1) is 25.1. The minimum absolute atomic E-state index is 0.0149. The Morgan fingerprint density at radius 3 is 2.79 bits per heavy atom. The standard InChI is InChI=1S/C27H28F2N6O2S/c28-17-5-10-34(15-17)38-33-24-4-2-22(29)25(21(24)14-30)37-19-1-3-23-20(11-19)26(36)35(16-32-23)18-12-27(13-18)6-8-31-9-7-27/h1-4,11,16-18,31,33H,5-10,12-13,15H2. The fraction of sp³-hybridized carbons (Fsp3) is 0.444. The van der Waals surface area contributed by atoms with Crippen molar-refractivity contribution >= 4 is 28.7 Å². The number of hydrogen-bond donors (Lipinski definition) is 2. The van der Waals surface area contributed by atoms with Crippen LogP contribution in [0, 0.1) is 22.6 Å². The van der Waals surface area contributed by atoms with Gasteiger partial charge in [0.1, 0.15) is 23.6 Å². The summed E-state index contributed by atoms with van der Waals surface area (Å²) in [6.07, 6.45) is 5.39. The third kappa shape index (κ3) is 4.72. The molecule has 1 saturated carbocycles. The molecule has 11 heteroatoms. The summed E-state index contributed by atoms with van der Waals surface area (Å²) in [7, 11) is 0. The number of piperidine rings is 1. The quantitative estimate of drug-likeness (QED) is 0.427. The van der Waals surface area contributed by atoms with Crippen LogP contribution in [0.25, 0.3) is 10.9 Å². The first-order valence-corrected chi connectivity index (χ1v) is 13.7. The molecular formula is C27H28F2N6O2S. The molecule has 0 bridgehead atoms.